The molecule has 1 unspecified atom stereocenters. The van der Waals surface area contributed by atoms with Gasteiger partial charge in [-0.1, -0.05) is 62.4 Å². The van der Waals surface area contributed by atoms with E-state index in [1.54, 1.807) is 33.0 Å². The molecule has 0 aliphatic rings. The Bertz CT molecular complexity index is 1190. The van der Waals surface area contributed by atoms with Crippen LogP contribution in [-0.2, 0) is 9.59 Å². The molecule has 3 N–H and O–H groups in total. The predicted octanol–water partition coefficient (Wildman–Crippen LogP) is 4.52. The van der Waals surface area contributed by atoms with Crippen LogP contribution >= 0.6 is 12.2 Å². The van der Waals surface area contributed by atoms with E-state index >= 15 is 0 Å². The topological polar surface area (TPSA) is 94.6 Å². The summed E-state index contributed by atoms with van der Waals surface area (Å²) in [4.78, 5) is 30.7. The van der Waals surface area contributed by atoms with E-state index in [0.717, 1.165) is 10.9 Å². The van der Waals surface area contributed by atoms with Crippen molar-refractivity contribution in [1.82, 2.24) is 15.2 Å². The lowest BCUT2D eigenvalue weighted by molar-refractivity contribution is -0.144. The number of nitrogens with one attached hydrogen (secondary N) is 2. The van der Waals surface area contributed by atoms with Gasteiger partial charge >= 0.3 is 5.97 Å². The van der Waals surface area contributed by atoms with Crippen LogP contribution in [0.4, 0.5) is 5.69 Å². The first kappa shape index (κ1) is 24.9. The van der Waals surface area contributed by atoms with Gasteiger partial charge < -0.3 is 20.6 Å². The Morgan fingerprint density at radius 3 is 2.41 bits per heavy atom. The summed E-state index contributed by atoms with van der Waals surface area (Å²) >= 11 is 5.66. The lowest BCUT2D eigenvalue weighted by Crippen LogP contribution is -2.58. The van der Waals surface area contributed by atoms with Crippen molar-refractivity contribution in [3.63, 3.8) is 0 Å². The molecular formula is C26H28N4O3S. The van der Waals surface area contributed by atoms with E-state index in [1.807, 2.05) is 60.7 Å². The molecule has 3 rings (SSSR count). The van der Waals surface area contributed by atoms with Gasteiger partial charge in [0.25, 0.3) is 0 Å². The minimum Gasteiger partial charge on any atom is -0.480 e. The third kappa shape index (κ3) is 6.17. The van der Waals surface area contributed by atoms with Crippen LogP contribution in [0, 0.1) is 5.92 Å². The molecule has 34 heavy (non-hydrogen) atoms. The van der Waals surface area contributed by atoms with Gasteiger partial charge in [-0.3, -0.25) is 9.78 Å². The van der Waals surface area contributed by atoms with Crippen LogP contribution < -0.4 is 10.6 Å². The number of thiocarbonyl (C=S) groups is 1. The average molecular weight is 477 g/mol. The van der Waals surface area contributed by atoms with Crippen LogP contribution in [0.25, 0.3) is 17.0 Å². The van der Waals surface area contributed by atoms with Crippen molar-refractivity contribution in [3.05, 3.63) is 78.5 Å². The first-order valence-corrected chi connectivity index (χ1v) is 11.4. The molecule has 1 heterocycles. The summed E-state index contributed by atoms with van der Waals surface area (Å²) in [6.07, 6.45) is 4.10. The number of aromatic nitrogens is 1. The normalized spacial score (nSPS) is 12.9. The standard InChI is InChI=1S/C26H28N4O3S/c1-17(2)24(25(32)33)30(18(3)28-22(31)15-14-19-9-5-4-6-10-19)26(34)29-21-13-7-11-20-12-8-16-27-23(20)21/h4-18,24H,1-3H3,(H,28,31)(H,29,34)(H,32,33)/b15-14+/t18?,24-/m0/s1. The zero-order valence-electron chi connectivity index (χ0n) is 19.3. The predicted molar refractivity (Wildman–Crippen MR) is 139 cm³/mol. The zero-order chi connectivity index (χ0) is 24.7. The summed E-state index contributed by atoms with van der Waals surface area (Å²) in [5.74, 6) is -1.66. The molecule has 0 radical (unpaired) electrons. The molecule has 2 aromatic carbocycles. The van der Waals surface area contributed by atoms with Gasteiger partial charge in [0.2, 0.25) is 5.91 Å². The average Bonchev–Trinajstić information content (AvgIpc) is 2.81. The maximum atomic E-state index is 12.6. The number of carboxylic acid groups (broad SMARTS) is 1. The summed E-state index contributed by atoms with van der Waals surface area (Å²) in [5, 5.41) is 17.1. The van der Waals surface area contributed by atoms with E-state index in [-0.39, 0.29) is 16.9 Å². The van der Waals surface area contributed by atoms with Crippen LogP contribution in [0.3, 0.4) is 0 Å². The number of fused-ring (bicyclic) bond motifs is 1. The molecule has 0 saturated carbocycles. The van der Waals surface area contributed by atoms with Crippen LogP contribution in [-0.4, -0.2) is 44.2 Å². The monoisotopic (exact) mass is 476 g/mol. The molecule has 0 fully saturated rings. The number of aliphatic carboxylic acids is 1. The second-order valence-corrected chi connectivity index (χ2v) is 8.56. The van der Waals surface area contributed by atoms with Gasteiger partial charge in [0, 0.05) is 17.7 Å². The number of carboxylic acids is 1. The van der Waals surface area contributed by atoms with Crippen LogP contribution in [0.2, 0.25) is 0 Å². The number of carbonyl (C=O) groups excluding carboxylic acids is 1. The number of hydrogen-bond donors (Lipinski definition) is 3. The second-order valence-electron chi connectivity index (χ2n) is 8.17. The van der Waals surface area contributed by atoms with Gasteiger partial charge in [-0.15, -0.1) is 0 Å². The molecular weight excluding hydrogens is 448 g/mol. The molecule has 1 amide bonds. The van der Waals surface area contributed by atoms with E-state index < -0.39 is 18.2 Å². The first-order valence-electron chi connectivity index (χ1n) is 11.0. The third-order valence-corrected chi connectivity index (χ3v) is 5.60. The van der Waals surface area contributed by atoms with Crippen molar-refractivity contribution in [1.29, 1.82) is 0 Å². The first-order chi connectivity index (χ1) is 16.3. The van der Waals surface area contributed by atoms with Gasteiger partial charge in [-0.2, -0.15) is 0 Å². The lowest BCUT2D eigenvalue weighted by atomic mass is 10.0. The lowest BCUT2D eigenvalue weighted by Gasteiger charge is -2.38. The highest BCUT2D eigenvalue weighted by Gasteiger charge is 2.34. The van der Waals surface area contributed by atoms with Crippen LogP contribution in [0.1, 0.15) is 26.3 Å². The van der Waals surface area contributed by atoms with Crippen molar-refractivity contribution in [2.75, 3.05) is 5.32 Å². The number of carbonyl (C=O) groups is 2. The summed E-state index contributed by atoms with van der Waals surface area (Å²) in [6.45, 7) is 5.32. The smallest absolute Gasteiger partial charge is 0.326 e. The van der Waals surface area contributed by atoms with E-state index in [4.69, 9.17) is 12.2 Å². The maximum absolute atomic E-state index is 12.6. The molecule has 0 bridgehead atoms. The molecule has 176 valence electrons. The fraction of sp³-hybridized carbons (Fsp3) is 0.231. The van der Waals surface area contributed by atoms with E-state index in [2.05, 4.69) is 15.6 Å². The van der Waals surface area contributed by atoms with Crippen molar-refractivity contribution in [2.45, 2.75) is 33.0 Å². The van der Waals surface area contributed by atoms with Gasteiger partial charge in [-0.25, -0.2) is 4.79 Å². The van der Waals surface area contributed by atoms with Gasteiger partial charge in [0.1, 0.15) is 12.2 Å². The Kier molecular flexibility index (Phi) is 8.32. The van der Waals surface area contributed by atoms with Crippen molar-refractivity contribution >= 4 is 51.9 Å². The van der Waals surface area contributed by atoms with Gasteiger partial charge in [0.05, 0.1) is 11.2 Å². The Morgan fingerprint density at radius 1 is 1.03 bits per heavy atom. The fourth-order valence-corrected chi connectivity index (χ4v) is 4.09. The molecule has 0 saturated heterocycles. The number of para-hydroxylation sites is 1. The highest BCUT2D eigenvalue weighted by Crippen LogP contribution is 2.23. The molecule has 0 spiro atoms. The minimum atomic E-state index is -1.03. The second kappa shape index (κ2) is 11.4. The molecule has 7 nitrogen and oxygen atoms in total. The molecule has 3 aromatic rings. The van der Waals surface area contributed by atoms with Crippen molar-refractivity contribution in [3.8, 4) is 0 Å². The van der Waals surface area contributed by atoms with Crippen LogP contribution in [0.15, 0.2) is 72.9 Å². The molecule has 2 atom stereocenters. The number of anilines is 1. The quantitative estimate of drug-likeness (QED) is 0.250. The SMILES string of the molecule is CC(C)[C@@H](C(=O)O)N(C(=S)Nc1cccc2cccnc12)C(C)NC(=O)/C=C/c1ccccc1. The number of nitrogens with zero attached hydrogens (tertiary/aromatic N) is 2. The summed E-state index contributed by atoms with van der Waals surface area (Å²) < 4.78 is 0. The van der Waals surface area contributed by atoms with Gasteiger partial charge in [0.15, 0.2) is 5.11 Å². The number of benzene rings is 2. The molecule has 1 aromatic heterocycles. The van der Waals surface area contributed by atoms with Crippen molar-refractivity contribution < 1.29 is 14.7 Å². The summed E-state index contributed by atoms with van der Waals surface area (Å²) in [7, 11) is 0. The minimum absolute atomic E-state index is 0.180. The van der Waals surface area contributed by atoms with E-state index in [1.165, 1.54) is 11.0 Å². The van der Waals surface area contributed by atoms with E-state index in [9.17, 15) is 14.7 Å². The Labute approximate surface area is 204 Å². The summed E-state index contributed by atoms with van der Waals surface area (Å²) in [5.41, 5.74) is 2.25. The van der Waals surface area contributed by atoms with Crippen LogP contribution in [0.5, 0.6) is 0 Å². The number of rotatable bonds is 8. The highest BCUT2D eigenvalue weighted by molar-refractivity contribution is 7.80. The van der Waals surface area contributed by atoms with E-state index in [0.29, 0.717) is 11.2 Å². The number of amides is 1. The third-order valence-electron chi connectivity index (χ3n) is 5.29. The Morgan fingerprint density at radius 2 is 1.74 bits per heavy atom. The zero-order valence-corrected chi connectivity index (χ0v) is 20.1. The number of hydrogen-bond acceptors (Lipinski definition) is 4. The number of pyridine rings is 1. The molecule has 0 aliphatic heterocycles. The molecule has 8 heteroatoms. The fourth-order valence-electron chi connectivity index (χ4n) is 3.71. The highest BCUT2D eigenvalue weighted by atomic mass is 32.1. The van der Waals surface area contributed by atoms with Crippen molar-refractivity contribution in [2.24, 2.45) is 5.92 Å². The summed E-state index contributed by atoms with van der Waals surface area (Å²) in [6, 6.07) is 17.9. The van der Waals surface area contributed by atoms with Gasteiger partial charge in [-0.05, 0) is 48.8 Å². The largest absolute Gasteiger partial charge is 0.480 e. The maximum Gasteiger partial charge on any atom is 0.326 e. The molecule has 0 aliphatic carbocycles. The Hall–Kier alpha value is -3.78. The Balaban J connectivity index is 1.85.